The molecule has 27 heavy (non-hydrogen) atoms. The number of aliphatic imine (C=N–C) groups is 1. The van der Waals surface area contributed by atoms with Crippen molar-refractivity contribution in [3.05, 3.63) is 48.3 Å². The number of benzene rings is 1. The number of nitrogens with zero attached hydrogens (tertiary/aromatic N) is 4. The van der Waals surface area contributed by atoms with Gasteiger partial charge in [-0.05, 0) is 31.2 Å². The SMILES string of the molecule is CCNC(=NCC1(O)CCSC1)N(C)Cc1cnn(-c2ccccc2)c1.I. The highest BCUT2D eigenvalue weighted by Crippen LogP contribution is 2.27. The average Bonchev–Trinajstić information content (AvgIpc) is 3.29. The summed E-state index contributed by atoms with van der Waals surface area (Å²) >= 11 is 1.79. The number of nitrogens with one attached hydrogen (secondary N) is 1. The molecule has 6 nitrogen and oxygen atoms in total. The molecule has 1 unspecified atom stereocenters. The molecule has 0 amide bonds. The van der Waals surface area contributed by atoms with Crippen LogP contribution < -0.4 is 5.32 Å². The van der Waals surface area contributed by atoms with E-state index in [9.17, 15) is 5.11 Å². The van der Waals surface area contributed by atoms with E-state index in [4.69, 9.17) is 0 Å². The minimum atomic E-state index is -0.662. The van der Waals surface area contributed by atoms with Gasteiger partial charge in [-0.2, -0.15) is 16.9 Å². The van der Waals surface area contributed by atoms with Gasteiger partial charge in [0, 0.05) is 37.7 Å². The number of halogens is 1. The Kier molecular flexibility index (Phi) is 8.43. The third-order valence-electron chi connectivity index (χ3n) is 4.38. The summed E-state index contributed by atoms with van der Waals surface area (Å²) in [6, 6.07) is 10.1. The van der Waals surface area contributed by atoms with Crippen LogP contribution in [0.3, 0.4) is 0 Å². The van der Waals surface area contributed by atoms with Crippen molar-refractivity contribution in [1.82, 2.24) is 20.0 Å². The van der Waals surface area contributed by atoms with Crippen LogP contribution in [0, 0.1) is 0 Å². The molecule has 0 spiro atoms. The molecule has 0 bridgehead atoms. The van der Waals surface area contributed by atoms with E-state index in [-0.39, 0.29) is 24.0 Å². The van der Waals surface area contributed by atoms with Crippen molar-refractivity contribution < 1.29 is 5.11 Å². The van der Waals surface area contributed by atoms with Crippen LogP contribution in [-0.2, 0) is 6.54 Å². The van der Waals surface area contributed by atoms with Crippen LogP contribution in [0.2, 0.25) is 0 Å². The maximum atomic E-state index is 10.5. The highest BCUT2D eigenvalue weighted by Gasteiger charge is 2.31. The first kappa shape index (κ1) is 22.0. The molecule has 0 aliphatic carbocycles. The van der Waals surface area contributed by atoms with Gasteiger partial charge >= 0.3 is 0 Å². The molecular weight excluding hydrogens is 473 g/mol. The van der Waals surface area contributed by atoms with Crippen molar-refractivity contribution in [3.63, 3.8) is 0 Å². The number of para-hydroxylation sites is 1. The molecule has 0 saturated carbocycles. The van der Waals surface area contributed by atoms with E-state index in [2.05, 4.69) is 27.2 Å². The van der Waals surface area contributed by atoms with Crippen LogP contribution >= 0.6 is 35.7 Å². The highest BCUT2D eigenvalue weighted by molar-refractivity contribution is 14.0. The molecule has 148 valence electrons. The van der Waals surface area contributed by atoms with Gasteiger partial charge in [-0.25, -0.2) is 4.68 Å². The predicted octanol–water partition coefficient (Wildman–Crippen LogP) is 2.76. The van der Waals surface area contributed by atoms with Crippen LogP contribution in [0.4, 0.5) is 0 Å². The van der Waals surface area contributed by atoms with E-state index in [1.54, 1.807) is 11.8 Å². The number of aliphatic hydroxyl groups is 1. The third kappa shape index (κ3) is 6.11. The second-order valence-corrected chi connectivity index (χ2v) is 7.79. The first-order chi connectivity index (χ1) is 12.6. The van der Waals surface area contributed by atoms with Crippen molar-refractivity contribution in [1.29, 1.82) is 0 Å². The van der Waals surface area contributed by atoms with E-state index in [1.165, 1.54) is 0 Å². The second kappa shape index (κ2) is 10.3. The summed E-state index contributed by atoms with van der Waals surface area (Å²) < 4.78 is 1.88. The molecule has 1 aliphatic rings. The summed E-state index contributed by atoms with van der Waals surface area (Å²) in [5, 5.41) is 18.3. The minimum Gasteiger partial charge on any atom is -0.387 e. The summed E-state index contributed by atoms with van der Waals surface area (Å²) in [7, 11) is 2.01. The molecule has 3 rings (SSSR count). The Hall–Kier alpha value is -1.26. The van der Waals surface area contributed by atoms with Gasteiger partial charge in [0.2, 0.25) is 0 Å². The lowest BCUT2D eigenvalue weighted by atomic mass is 10.1. The Bertz CT molecular complexity index is 731. The summed E-state index contributed by atoms with van der Waals surface area (Å²) in [6.45, 7) is 3.98. The summed E-state index contributed by atoms with van der Waals surface area (Å²) in [5.74, 6) is 2.59. The lowest BCUT2D eigenvalue weighted by molar-refractivity contribution is 0.0776. The zero-order chi connectivity index (χ0) is 18.4. The van der Waals surface area contributed by atoms with Crippen molar-refractivity contribution in [2.24, 2.45) is 4.99 Å². The average molecular weight is 501 g/mol. The Labute approximate surface area is 182 Å². The molecule has 1 saturated heterocycles. The molecule has 1 atom stereocenters. The quantitative estimate of drug-likeness (QED) is 0.362. The fourth-order valence-corrected chi connectivity index (χ4v) is 4.21. The van der Waals surface area contributed by atoms with Crippen molar-refractivity contribution in [2.75, 3.05) is 31.6 Å². The normalized spacial score (nSPS) is 19.6. The molecule has 2 N–H and O–H groups in total. The first-order valence-corrected chi connectivity index (χ1v) is 10.1. The number of thioether (sulfide) groups is 1. The number of hydrogen-bond acceptors (Lipinski definition) is 4. The van der Waals surface area contributed by atoms with Gasteiger partial charge in [0.05, 0.1) is 24.0 Å². The number of guanidine groups is 1. The summed E-state index contributed by atoms with van der Waals surface area (Å²) in [5.41, 5.74) is 1.49. The van der Waals surface area contributed by atoms with Crippen LogP contribution in [0.25, 0.3) is 5.69 Å². The maximum Gasteiger partial charge on any atom is 0.194 e. The van der Waals surface area contributed by atoms with Crippen molar-refractivity contribution in [3.8, 4) is 5.69 Å². The molecule has 1 aromatic carbocycles. The smallest absolute Gasteiger partial charge is 0.194 e. The number of hydrogen-bond donors (Lipinski definition) is 2. The number of rotatable bonds is 6. The fourth-order valence-electron chi connectivity index (χ4n) is 2.93. The Morgan fingerprint density at radius 3 is 2.85 bits per heavy atom. The second-order valence-electron chi connectivity index (χ2n) is 6.68. The molecular formula is C19H28IN5OS. The number of aromatic nitrogens is 2. The zero-order valence-electron chi connectivity index (χ0n) is 15.8. The molecule has 1 aliphatic heterocycles. The van der Waals surface area contributed by atoms with Gasteiger partial charge < -0.3 is 15.3 Å². The Morgan fingerprint density at radius 1 is 1.41 bits per heavy atom. The molecule has 0 radical (unpaired) electrons. The van der Waals surface area contributed by atoms with Crippen molar-refractivity contribution >= 4 is 41.7 Å². The van der Waals surface area contributed by atoms with Gasteiger partial charge in [0.1, 0.15) is 0 Å². The van der Waals surface area contributed by atoms with Gasteiger partial charge in [-0.3, -0.25) is 4.99 Å². The van der Waals surface area contributed by atoms with Crippen LogP contribution in [0.5, 0.6) is 0 Å². The van der Waals surface area contributed by atoms with E-state index >= 15 is 0 Å². The first-order valence-electron chi connectivity index (χ1n) is 8.98. The lowest BCUT2D eigenvalue weighted by Gasteiger charge is -2.24. The monoisotopic (exact) mass is 501 g/mol. The maximum absolute atomic E-state index is 10.5. The Balaban J connectivity index is 0.00000261. The lowest BCUT2D eigenvalue weighted by Crippen LogP contribution is -2.40. The summed E-state index contributed by atoms with van der Waals surface area (Å²) in [6.07, 6.45) is 4.74. The third-order valence-corrected chi connectivity index (χ3v) is 5.61. The molecule has 2 heterocycles. The Morgan fingerprint density at radius 2 is 2.19 bits per heavy atom. The van der Waals surface area contributed by atoms with E-state index in [0.29, 0.717) is 13.1 Å². The van der Waals surface area contributed by atoms with Crippen LogP contribution in [0.1, 0.15) is 18.9 Å². The van der Waals surface area contributed by atoms with Gasteiger partial charge in [0.15, 0.2) is 5.96 Å². The van der Waals surface area contributed by atoms with Gasteiger partial charge in [0.25, 0.3) is 0 Å². The molecule has 2 aromatic rings. The predicted molar refractivity (Wildman–Crippen MR) is 123 cm³/mol. The standard InChI is InChI=1S/C19H27N5OS.HI/c1-3-20-18(21-14-19(25)9-10-26-15-19)23(2)12-16-11-22-24(13-16)17-7-5-4-6-8-17;/h4-8,11,13,25H,3,9-10,12,14-15H2,1-2H3,(H,20,21);1H. The van der Waals surface area contributed by atoms with Gasteiger partial charge in [-0.15, -0.1) is 24.0 Å². The van der Waals surface area contributed by atoms with Crippen molar-refractivity contribution in [2.45, 2.75) is 25.5 Å². The molecule has 8 heteroatoms. The molecule has 1 fully saturated rings. The highest BCUT2D eigenvalue weighted by atomic mass is 127. The van der Waals surface area contributed by atoms with E-state index in [0.717, 1.165) is 41.7 Å². The van der Waals surface area contributed by atoms with E-state index < -0.39 is 5.60 Å². The van der Waals surface area contributed by atoms with Crippen LogP contribution in [-0.4, -0.2) is 63.0 Å². The summed E-state index contributed by atoms with van der Waals surface area (Å²) in [4.78, 5) is 6.74. The zero-order valence-corrected chi connectivity index (χ0v) is 19.0. The largest absolute Gasteiger partial charge is 0.387 e. The topological polar surface area (TPSA) is 65.7 Å². The van der Waals surface area contributed by atoms with Crippen LogP contribution in [0.15, 0.2) is 47.7 Å². The molecule has 1 aromatic heterocycles. The fraction of sp³-hybridized carbons (Fsp3) is 0.474. The van der Waals surface area contributed by atoms with E-state index in [1.807, 2.05) is 54.5 Å². The minimum absolute atomic E-state index is 0. The van der Waals surface area contributed by atoms with Gasteiger partial charge in [-0.1, -0.05) is 18.2 Å².